The van der Waals surface area contributed by atoms with Gasteiger partial charge in [-0.3, -0.25) is 0 Å². The van der Waals surface area contributed by atoms with E-state index < -0.39 is 0 Å². The van der Waals surface area contributed by atoms with Gasteiger partial charge in [-0.1, -0.05) is 39.0 Å². The highest BCUT2D eigenvalue weighted by molar-refractivity contribution is 5.34. The van der Waals surface area contributed by atoms with Gasteiger partial charge in [0.2, 0.25) is 0 Å². The van der Waals surface area contributed by atoms with Crippen molar-refractivity contribution in [1.29, 1.82) is 0 Å². The van der Waals surface area contributed by atoms with E-state index in [1.165, 1.54) is 16.7 Å². The van der Waals surface area contributed by atoms with Crippen LogP contribution >= 0.6 is 0 Å². The minimum atomic E-state index is 0.210. The van der Waals surface area contributed by atoms with Gasteiger partial charge in [0, 0.05) is 6.54 Å². The van der Waals surface area contributed by atoms with Crippen molar-refractivity contribution >= 4 is 0 Å². The molecule has 0 aliphatic heterocycles. The predicted molar refractivity (Wildman–Crippen MR) is 73.5 cm³/mol. The summed E-state index contributed by atoms with van der Waals surface area (Å²) in [6.45, 7) is 10.7. The molecule has 0 saturated carbocycles. The maximum Gasteiger partial charge on any atom is 0.0555 e. The molecule has 2 heteroatoms. The number of aliphatic hydroxyl groups is 1. The summed E-state index contributed by atoms with van der Waals surface area (Å²) in [5.74, 6) is 0. The number of nitrogens with one attached hydrogen (secondary N) is 1. The summed E-state index contributed by atoms with van der Waals surface area (Å²) < 4.78 is 0. The number of benzene rings is 1. The summed E-state index contributed by atoms with van der Waals surface area (Å²) in [5, 5.41) is 11.9. The first-order chi connectivity index (χ1) is 7.95. The van der Waals surface area contributed by atoms with Crippen LogP contribution in [0.5, 0.6) is 0 Å². The molecular formula is C15H25NO. The standard InChI is InChI=1S/C15H25NO/c1-12-11-14(15(2,3)4)6-5-13(12)7-8-16-9-10-17/h5-6,11,16-17H,7-10H2,1-4H3. The molecular weight excluding hydrogens is 210 g/mol. The zero-order valence-corrected chi connectivity index (χ0v) is 11.5. The molecule has 1 aromatic rings. The molecule has 0 bridgehead atoms. The highest BCUT2D eigenvalue weighted by Gasteiger charge is 2.14. The van der Waals surface area contributed by atoms with Gasteiger partial charge in [0.25, 0.3) is 0 Å². The molecule has 17 heavy (non-hydrogen) atoms. The third kappa shape index (κ3) is 4.49. The number of aliphatic hydroxyl groups excluding tert-OH is 1. The van der Waals surface area contributed by atoms with Crippen LogP contribution in [0.1, 0.15) is 37.5 Å². The summed E-state index contributed by atoms with van der Waals surface area (Å²) in [7, 11) is 0. The van der Waals surface area contributed by atoms with Crippen molar-refractivity contribution in [2.75, 3.05) is 19.7 Å². The molecule has 2 nitrogen and oxygen atoms in total. The normalized spacial score (nSPS) is 11.8. The van der Waals surface area contributed by atoms with E-state index in [1.807, 2.05) is 0 Å². The molecule has 1 rings (SSSR count). The molecule has 96 valence electrons. The third-order valence-electron chi connectivity index (χ3n) is 3.07. The van der Waals surface area contributed by atoms with Crippen LogP contribution in [0.4, 0.5) is 0 Å². The van der Waals surface area contributed by atoms with Crippen molar-refractivity contribution in [2.24, 2.45) is 0 Å². The van der Waals surface area contributed by atoms with Gasteiger partial charge in [-0.15, -0.1) is 0 Å². The molecule has 0 aromatic heterocycles. The highest BCUT2D eigenvalue weighted by atomic mass is 16.3. The van der Waals surface area contributed by atoms with Crippen LogP contribution in [0.25, 0.3) is 0 Å². The Morgan fingerprint density at radius 3 is 2.41 bits per heavy atom. The van der Waals surface area contributed by atoms with E-state index in [-0.39, 0.29) is 12.0 Å². The monoisotopic (exact) mass is 235 g/mol. The number of hydrogen-bond acceptors (Lipinski definition) is 2. The second kappa shape index (κ2) is 6.18. The Balaban J connectivity index is 2.64. The van der Waals surface area contributed by atoms with Crippen LogP contribution in [0.15, 0.2) is 18.2 Å². The Kier molecular flexibility index (Phi) is 5.16. The minimum absolute atomic E-state index is 0.210. The molecule has 0 spiro atoms. The first kappa shape index (κ1) is 14.2. The third-order valence-corrected chi connectivity index (χ3v) is 3.07. The van der Waals surface area contributed by atoms with E-state index in [4.69, 9.17) is 5.11 Å². The topological polar surface area (TPSA) is 32.3 Å². The minimum Gasteiger partial charge on any atom is -0.395 e. The van der Waals surface area contributed by atoms with E-state index in [9.17, 15) is 0 Å². The van der Waals surface area contributed by atoms with Crippen molar-refractivity contribution < 1.29 is 5.11 Å². The summed E-state index contributed by atoms with van der Waals surface area (Å²) in [6.07, 6.45) is 1.02. The summed E-state index contributed by atoms with van der Waals surface area (Å²) in [5.41, 5.74) is 4.37. The van der Waals surface area contributed by atoms with Gasteiger partial charge in [0.05, 0.1) is 6.61 Å². The number of rotatable bonds is 5. The van der Waals surface area contributed by atoms with Gasteiger partial charge in [-0.2, -0.15) is 0 Å². The van der Waals surface area contributed by atoms with E-state index >= 15 is 0 Å². The lowest BCUT2D eigenvalue weighted by Crippen LogP contribution is -2.21. The van der Waals surface area contributed by atoms with Gasteiger partial charge in [0.15, 0.2) is 0 Å². The SMILES string of the molecule is Cc1cc(C(C)(C)C)ccc1CCNCCO. The smallest absolute Gasteiger partial charge is 0.0555 e. The second-order valence-electron chi connectivity index (χ2n) is 5.61. The van der Waals surface area contributed by atoms with Crippen LogP contribution in [0.3, 0.4) is 0 Å². The Labute approximate surface area is 105 Å². The lowest BCUT2D eigenvalue weighted by atomic mass is 9.85. The summed E-state index contributed by atoms with van der Waals surface area (Å²) in [6, 6.07) is 6.76. The Bertz CT molecular complexity index is 352. The van der Waals surface area contributed by atoms with Gasteiger partial charge in [0.1, 0.15) is 0 Å². The zero-order chi connectivity index (χ0) is 12.9. The van der Waals surface area contributed by atoms with Gasteiger partial charge < -0.3 is 10.4 Å². The molecule has 0 aliphatic rings. The van der Waals surface area contributed by atoms with Gasteiger partial charge in [-0.25, -0.2) is 0 Å². The average molecular weight is 235 g/mol. The van der Waals surface area contributed by atoms with Crippen LogP contribution in [-0.4, -0.2) is 24.8 Å². The van der Waals surface area contributed by atoms with Crippen LogP contribution in [0.2, 0.25) is 0 Å². The average Bonchev–Trinajstić information content (AvgIpc) is 2.24. The number of aryl methyl sites for hydroxylation is 1. The lowest BCUT2D eigenvalue weighted by Gasteiger charge is -2.20. The molecule has 1 aromatic carbocycles. The maximum absolute atomic E-state index is 8.68. The van der Waals surface area contributed by atoms with E-state index in [2.05, 4.69) is 51.2 Å². The Hall–Kier alpha value is -0.860. The quantitative estimate of drug-likeness (QED) is 0.768. The molecule has 0 unspecified atom stereocenters. The molecule has 0 fully saturated rings. The van der Waals surface area contributed by atoms with E-state index in [0.717, 1.165) is 13.0 Å². The molecule has 0 saturated heterocycles. The van der Waals surface area contributed by atoms with Crippen molar-refractivity contribution in [3.05, 3.63) is 34.9 Å². The summed E-state index contributed by atoms with van der Waals surface area (Å²) in [4.78, 5) is 0. The zero-order valence-electron chi connectivity index (χ0n) is 11.5. The predicted octanol–water partition coefficient (Wildman–Crippen LogP) is 2.42. The van der Waals surface area contributed by atoms with Gasteiger partial charge in [-0.05, 0) is 42.0 Å². The molecule has 0 atom stereocenters. The molecule has 0 aliphatic carbocycles. The van der Waals surface area contributed by atoms with Crippen molar-refractivity contribution in [2.45, 2.75) is 39.5 Å². The first-order valence-electron chi connectivity index (χ1n) is 6.36. The molecule has 0 radical (unpaired) electrons. The Morgan fingerprint density at radius 2 is 1.88 bits per heavy atom. The van der Waals surface area contributed by atoms with E-state index in [1.54, 1.807) is 0 Å². The van der Waals surface area contributed by atoms with Crippen LogP contribution in [-0.2, 0) is 11.8 Å². The van der Waals surface area contributed by atoms with Crippen molar-refractivity contribution in [1.82, 2.24) is 5.32 Å². The largest absolute Gasteiger partial charge is 0.395 e. The van der Waals surface area contributed by atoms with E-state index in [0.29, 0.717) is 6.54 Å². The summed E-state index contributed by atoms with van der Waals surface area (Å²) >= 11 is 0. The van der Waals surface area contributed by atoms with Gasteiger partial charge >= 0.3 is 0 Å². The second-order valence-corrected chi connectivity index (χ2v) is 5.61. The molecule has 2 N–H and O–H groups in total. The van der Waals surface area contributed by atoms with Crippen molar-refractivity contribution in [3.8, 4) is 0 Å². The fourth-order valence-electron chi connectivity index (χ4n) is 1.87. The Morgan fingerprint density at radius 1 is 1.18 bits per heavy atom. The molecule has 0 heterocycles. The van der Waals surface area contributed by atoms with Crippen LogP contribution in [0, 0.1) is 6.92 Å². The first-order valence-corrected chi connectivity index (χ1v) is 6.36. The maximum atomic E-state index is 8.68. The fraction of sp³-hybridized carbons (Fsp3) is 0.600. The fourth-order valence-corrected chi connectivity index (χ4v) is 1.87. The van der Waals surface area contributed by atoms with Crippen LogP contribution < -0.4 is 5.32 Å². The highest BCUT2D eigenvalue weighted by Crippen LogP contribution is 2.24. The lowest BCUT2D eigenvalue weighted by molar-refractivity contribution is 0.293. The molecule has 0 amide bonds. The van der Waals surface area contributed by atoms with Crippen molar-refractivity contribution in [3.63, 3.8) is 0 Å². The number of hydrogen-bond donors (Lipinski definition) is 2.